The molecular weight excluding hydrogens is 378 g/mol. The molecule has 1 aromatic heterocycles. The monoisotopic (exact) mass is 401 g/mol. The van der Waals surface area contributed by atoms with Gasteiger partial charge in [-0.3, -0.25) is 9.78 Å². The van der Waals surface area contributed by atoms with E-state index < -0.39 is 0 Å². The molecule has 1 aliphatic rings. The highest BCUT2D eigenvalue weighted by Gasteiger charge is 2.21. The van der Waals surface area contributed by atoms with Crippen molar-refractivity contribution in [3.8, 4) is 0 Å². The fraction of sp³-hybridized carbons (Fsp3) is 0.208. The average Bonchev–Trinajstić information content (AvgIpc) is 2.93. The molecule has 29 heavy (non-hydrogen) atoms. The molecule has 146 valence electrons. The molecule has 2 heterocycles. The Hall–Kier alpha value is -2.92. The van der Waals surface area contributed by atoms with E-state index in [1.54, 1.807) is 22.9 Å². The zero-order valence-electron chi connectivity index (χ0n) is 16.6. The highest BCUT2D eigenvalue weighted by molar-refractivity contribution is 7.99. The molecule has 1 aliphatic heterocycles. The lowest BCUT2D eigenvalue weighted by Crippen LogP contribution is -2.27. The Labute approximate surface area is 175 Å². The van der Waals surface area contributed by atoms with E-state index in [0.717, 1.165) is 51.8 Å². The predicted octanol–water partition coefficient (Wildman–Crippen LogP) is 5.59. The van der Waals surface area contributed by atoms with Crippen molar-refractivity contribution >= 4 is 29.1 Å². The van der Waals surface area contributed by atoms with Crippen LogP contribution in [-0.4, -0.2) is 35.1 Å². The van der Waals surface area contributed by atoms with Gasteiger partial charge >= 0.3 is 0 Å². The number of rotatable bonds is 5. The van der Waals surface area contributed by atoms with Crippen LogP contribution in [0.15, 0.2) is 81.6 Å². The minimum atomic E-state index is 0.0302. The minimum Gasteiger partial charge on any atom is -0.342 e. The van der Waals surface area contributed by atoms with Crippen LogP contribution in [0.3, 0.4) is 0 Å². The van der Waals surface area contributed by atoms with E-state index in [1.165, 1.54) is 0 Å². The molecule has 4 rings (SSSR count). The van der Waals surface area contributed by atoms with Gasteiger partial charge in [-0.05, 0) is 42.8 Å². The molecular formula is C24H23N3OS. The van der Waals surface area contributed by atoms with Crippen molar-refractivity contribution in [2.75, 3.05) is 13.6 Å². The lowest BCUT2D eigenvalue weighted by molar-refractivity contribution is 0.0793. The summed E-state index contributed by atoms with van der Waals surface area (Å²) in [5, 5.41) is 0. The van der Waals surface area contributed by atoms with E-state index in [4.69, 9.17) is 4.99 Å². The van der Waals surface area contributed by atoms with Crippen LogP contribution in [0.1, 0.15) is 41.4 Å². The van der Waals surface area contributed by atoms with Crippen molar-refractivity contribution in [1.82, 2.24) is 9.88 Å². The zero-order chi connectivity index (χ0) is 20.2. The second-order valence-corrected chi connectivity index (χ2v) is 8.12. The van der Waals surface area contributed by atoms with Gasteiger partial charge in [-0.1, -0.05) is 49.4 Å². The number of hydrogen-bond acceptors (Lipinski definition) is 4. The topological polar surface area (TPSA) is 45.6 Å². The first-order valence-electron chi connectivity index (χ1n) is 9.84. The fourth-order valence-electron chi connectivity index (χ4n) is 3.29. The third-order valence-corrected chi connectivity index (χ3v) is 6.04. The second-order valence-electron chi connectivity index (χ2n) is 7.04. The molecule has 0 atom stereocenters. The number of unbranched alkanes of at least 4 members (excludes halogenated alkanes) is 1. The standard InChI is InChI=1S/C24H23N3OS/c1-3-4-15-27(2)24(28)17-12-13-22-20(16-17)26-23(19-10-7-8-14-25-19)18-9-5-6-11-21(18)29-22/h5-14,16H,3-4,15H2,1-2H3. The minimum absolute atomic E-state index is 0.0302. The molecule has 0 spiro atoms. The maximum Gasteiger partial charge on any atom is 0.253 e. The van der Waals surface area contributed by atoms with Crippen molar-refractivity contribution in [2.45, 2.75) is 29.6 Å². The number of aromatic nitrogens is 1. The van der Waals surface area contributed by atoms with Crippen LogP contribution in [0, 0.1) is 0 Å². The summed E-state index contributed by atoms with van der Waals surface area (Å²) >= 11 is 1.68. The number of carbonyl (C=O) groups is 1. The summed E-state index contributed by atoms with van der Waals surface area (Å²) in [5.41, 5.74) is 4.18. The molecule has 2 aromatic carbocycles. The molecule has 0 N–H and O–H groups in total. The van der Waals surface area contributed by atoms with Crippen molar-refractivity contribution in [2.24, 2.45) is 4.99 Å². The van der Waals surface area contributed by atoms with Crippen LogP contribution >= 0.6 is 11.8 Å². The molecule has 0 radical (unpaired) electrons. The van der Waals surface area contributed by atoms with Crippen LogP contribution in [-0.2, 0) is 0 Å². The first kappa shape index (κ1) is 19.4. The molecule has 0 unspecified atom stereocenters. The normalized spacial score (nSPS) is 12.4. The van der Waals surface area contributed by atoms with Crippen LogP contribution < -0.4 is 0 Å². The predicted molar refractivity (Wildman–Crippen MR) is 118 cm³/mol. The molecule has 0 fully saturated rings. The Bertz CT molecular complexity index is 1060. The number of amides is 1. The summed E-state index contributed by atoms with van der Waals surface area (Å²) in [4.78, 5) is 26.3. The van der Waals surface area contributed by atoms with Gasteiger partial charge in [0.1, 0.15) is 0 Å². The number of hydrogen-bond donors (Lipinski definition) is 0. The van der Waals surface area contributed by atoms with E-state index in [-0.39, 0.29) is 5.91 Å². The van der Waals surface area contributed by atoms with Crippen molar-refractivity contribution in [1.29, 1.82) is 0 Å². The van der Waals surface area contributed by atoms with E-state index in [0.29, 0.717) is 5.56 Å². The highest BCUT2D eigenvalue weighted by atomic mass is 32.2. The van der Waals surface area contributed by atoms with Crippen LogP contribution in [0.5, 0.6) is 0 Å². The Morgan fingerprint density at radius 1 is 1.03 bits per heavy atom. The quantitative estimate of drug-likeness (QED) is 0.438. The van der Waals surface area contributed by atoms with Gasteiger partial charge in [0.05, 0.1) is 17.1 Å². The zero-order valence-corrected chi connectivity index (χ0v) is 17.4. The van der Waals surface area contributed by atoms with Gasteiger partial charge in [0.25, 0.3) is 5.91 Å². The SMILES string of the molecule is CCCCN(C)C(=O)c1ccc2c(c1)N=C(c1ccccn1)c1ccccc1S2. The average molecular weight is 402 g/mol. The molecule has 0 bridgehead atoms. The van der Waals surface area contributed by atoms with E-state index in [1.807, 2.05) is 55.6 Å². The molecule has 1 amide bonds. The van der Waals surface area contributed by atoms with Crippen LogP contribution in [0.25, 0.3) is 0 Å². The molecule has 4 nitrogen and oxygen atoms in total. The first-order valence-corrected chi connectivity index (χ1v) is 10.7. The summed E-state index contributed by atoms with van der Waals surface area (Å²) in [6, 6.07) is 19.9. The van der Waals surface area contributed by atoms with Crippen molar-refractivity contribution in [3.05, 3.63) is 83.7 Å². The largest absolute Gasteiger partial charge is 0.342 e. The van der Waals surface area contributed by atoms with Gasteiger partial charge in [-0.2, -0.15) is 0 Å². The summed E-state index contributed by atoms with van der Waals surface area (Å²) in [5.74, 6) is 0.0302. The Kier molecular flexibility index (Phi) is 5.76. The van der Waals surface area contributed by atoms with Gasteiger partial charge in [-0.15, -0.1) is 0 Å². The van der Waals surface area contributed by atoms with Gasteiger partial charge in [0, 0.05) is 40.7 Å². The smallest absolute Gasteiger partial charge is 0.253 e. The van der Waals surface area contributed by atoms with Crippen molar-refractivity contribution in [3.63, 3.8) is 0 Å². The maximum atomic E-state index is 12.9. The van der Waals surface area contributed by atoms with Gasteiger partial charge in [0.2, 0.25) is 0 Å². The maximum absolute atomic E-state index is 12.9. The number of fused-ring (bicyclic) bond motifs is 2. The highest BCUT2D eigenvalue weighted by Crippen LogP contribution is 2.41. The van der Waals surface area contributed by atoms with Gasteiger partial charge < -0.3 is 4.90 Å². The third-order valence-electron chi connectivity index (χ3n) is 4.90. The first-order chi connectivity index (χ1) is 14.2. The summed E-state index contributed by atoms with van der Waals surface area (Å²) in [7, 11) is 1.86. The molecule has 0 saturated heterocycles. The van der Waals surface area contributed by atoms with Gasteiger partial charge in [-0.25, -0.2) is 4.99 Å². The van der Waals surface area contributed by atoms with Crippen molar-refractivity contribution < 1.29 is 4.79 Å². The molecule has 0 saturated carbocycles. The third kappa shape index (κ3) is 4.10. The van der Waals surface area contributed by atoms with E-state index in [2.05, 4.69) is 24.0 Å². The van der Waals surface area contributed by atoms with E-state index in [9.17, 15) is 4.79 Å². The Morgan fingerprint density at radius 3 is 2.66 bits per heavy atom. The second kappa shape index (κ2) is 8.62. The summed E-state index contributed by atoms with van der Waals surface area (Å²) in [6.07, 6.45) is 3.84. The molecule has 0 aliphatic carbocycles. The number of nitrogens with zero attached hydrogens (tertiary/aromatic N) is 3. The van der Waals surface area contributed by atoms with Crippen LogP contribution in [0.2, 0.25) is 0 Å². The number of carbonyl (C=O) groups excluding carboxylic acids is 1. The number of pyridine rings is 1. The summed E-state index contributed by atoms with van der Waals surface area (Å²) in [6.45, 7) is 2.89. The number of benzene rings is 2. The fourth-order valence-corrected chi connectivity index (χ4v) is 4.29. The molecule has 3 aromatic rings. The lowest BCUT2D eigenvalue weighted by Gasteiger charge is -2.17. The van der Waals surface area contributed by atoms with Crippen LogP contribution in [0.4, 0.5) is 5.69 Å². The Balaban J connectivity index is 1.79. The Morgan fingerprint density at radius 2 is 1.86 bits per heavy atom. The molecule has 5 heteroatoms. The van der Waals surface area contributed by atoms with E-state index >= 15 is 0 Å². The lowest BCUT2D eigenvalue weighted by atomic mass is 10.1. The number of aliphatic imine (C=N–C) groups is 1. The van der Waals surface area contributed by atoms with Gasteiger partial charge in [0.15, 0.2) is 0 Å². The summed E-state index contributed by atoms with van der Waals surface area (Å²) < 4.78 is 0.